The third kappa shape index (κ3) is 6.69. The van der Waals surface area contributed by atoms with Crippen molar-refractivity contribution in [2.24, 2.45) is 10.9 Å². The molecule has 7 heteroatoms. The number of benzene rings is 1. The summed E-state index contributed by atoms with van der Waals surface area (Å²) in [6.45, 7) is 14.2. The zero-order valence-corrected chi connectivity index (χ0v) is 20.5. The van der Waals surface area contributed by atoms with Crippen molar-refractivity contribution in [3.05, 3.63) is 29.8 Å². The molecular weight excluding hydrogens is 483 g/mol. The van der Waals surface area contributed by atoms with Gasteiger partial charge in [-0.15, -0.1) is 24.0 Å². The summed E-state index contributed by atoms with van der Waals surface area (Å²) in [4.78, 5) is 9.76. The lowest BCUT2D eigenvalue weighted by molar-refractivity contribution is 0.122. The Morgan fingerprint density at radius 3 is 2.57 bits per heavy atom. The van der Waals surface area contributed by atoms with Gasteiger partial charge in [-0.1, -0.05) is 26.0 Å². The smallest absolute Gasteiger partial charge is 0.194 e. The van der Waals surface area contributed by atoms with Crippen LogP contribution in [0.5, 0.6) is 0 Å². The number of hydrogen-bond donors (Lipinski definition) is 1. The van der Waals surface area contributed by atoms with E-state index in [1.54, 1.807) is 0 Å². The van der Waals surface area contributed by atoms with E-state index in [1.165, 1.54) is 17.0 Å². The van der Waals surface area contributed by atoms with Crippen LogP contribution in [0.4, 0.5) is 5.69 Å². The molecule has 3 rings (SSSR count). The van der Waals surface area contributed by atoms with Gasteiger partial charge in [0.2, 0.25) is 0 Å². The monoisotopic (exact) mass is 518 g/mol. The molecule has 1 atom stereocenters. The SMILES string of the molecule is CCNC(=NCc1ccc(N2CCOCC2)cc1)N1CCSC(C(C)C)C1.I. The highest BCUT2D eigenvalue weighted by molar-refractivity contribution is 14.0. The molecule has 158 valence electrons. The van der Waals surface area contributed by atoms with Gasteiger partial charge in [0.15, 0.2) is 5.96 Å². The third-order valence-electron chi connectivity index (χ3n) is 5.20. The highest BCUT2D eigenvalue weighted by atomic mass is 127. The quantitative estimate of drug-likeness (QED) is 0.366. The van der Waals surface area contributed by atoms with Crippen LogP contribution in [-0.4, -0.2) is 67.8 Å². The second kappa shape index (κ2) is 12.1. The van der Waals surface area contributed by atoms with E-state index in [2.05, 4.69) is 71.9 Å². The molecule has 2 heterocycles. The van der Waals surface area contributed by atoms with Gasteiger partial charge in [0, 0.05) is 49.4 Å². The average molecular weight is 519 g/mol. The number of thioether (sulfide) groups is 1. The Labute approximate surface area is 191 Å². The van der Waals surface area contributed by atoms with Gasteiger partial charge in [0.1, 0.15) is 0 Å². The fraction of sp³-hybridized carbons (Fsp3) is 0.667. The number of anilines is 1. The van der Waals surface area contributed by atoms with Gasteiger partial charge in [-0.3, -0.25) is 0 Å². The molecule has 1 aromatic rings. The van der Waals surface area contributed by atoms with Crippen LogP contribution in [-0.2, 0) is 11.3 Å². The lowest BCUT2D eigenvalue weighted by atomic mass is 10.1. The Morgan fingerprint density at radius 1 is 1.21 bits per heavy atom. The van der Waals surface area contributed by atoms with E-state index < -0.39 is 0 Å². The van der Waals surface area contributed by atoms with E-state index >= 15 is 0 Å². The Kier molecular flexibility index (Phi) is 10.2. The van der Waals surface area contributed by atoms with Crippen LogP contribution >= 0.6 is 35.7 Å². The maximum absolute atomic E-state index is 5.44. The molecule has 2 saturated heterocycles. The van der Waals surface area contributed by atoms with Crippen molar-refractivity contribution >= 4 is 47.4 Å². The van der Waals surface area contributed by atoms with Crippen molar-refractivity contribution in [3.8, 4) is 0 Å². The summed E-state index contributed by atoms with van der Waals surface area (Å²) in [5, 5.41) is 4.18. The van der Waals surface area contributed by atoms with Crippen molar-refractivity contribution < 1.29 is 4.74 Å². The fourth-order valence-corrected chi connectivity index (χ4v) is 4.80. The molecule has 1 unspecified atom stereocenters. The van der Waals surface area contributed by atoms with Crippen LogP contribution in [0.25, 0.3) is 0 Å². The first-order chi connectivity index (χ1) is 13.2. The first kappa shape index (κ1) is 23.6. The van der Waals surface area contributed by atoms with Crippen LogP contribution in [0, 0.1) is 5.92 Å². The summed E-state index contributed by atoms with van der Waals surface area (Å²) in [6, 6.07) is 8.85. The number of nitrogens with one attached hydrogen (secondary N) is 1. The summed E-state index contributed by atoms with van der Waals surface area (Å²) in [5.41, 5.74) is 2.54. The van der Waals surface area contributed by atoms with E-state index in [0.29, 0.717) is 11.2 Å². The van der Waals surface area contributed by atoms with Gasteiger partial charge < -0.3 is 19.9 Å². The van der Waals surface area contributed by atoms with Gasteiger partial charge in [-0.2, -0.15) is 11.8 Å². The zero-order chi connectivity index (χ0) is 19.1. The van der Waals surface area contributed by atoms with Gasteiger partial charge in [-0.05, 0) is 30.5 Å². The van der Waals surface area contributed by atoms with Crippen LogP contribution in [0.3, 0.4) is 0 Å². The molecule has 2 aliphatic rings. The van der Waals surface area contributed by atoms with Crippen LogP contribution in [0.2, 0.25) is 0 Å². The highest BCUT2D eigenvalue weighted by Crippen LogP contribution is 2.25. The minimum absolute atomic E-state index is 0. The molecule has 1 aromatic carbocycles. The van der Waals surface area contributed by atoms with Crippen molar-refractivity contribution in [2.75, 3.05) is 56.6 Å². The zero-order valence-electron chi connectivity index (χ0n) is 17.4. The normalized spacial score (nSPS) is 20.9. The van der Waals surface area contributed by atoms with E-state index in [9.17, 15) is 0 Å². The van der Waals surface area contributed by atoms with Crippen molar-refractivity contribution in [3.63, 3.8) is 0 Å². The second-order valence-electron chi connectivity index (χ2n) is 7.54. The highest BCUT2D eigenvalue weighted by Gasteiger charge is 2.24. The number of rotatable bonds is 5. The predicted molar refractivity (Wildman–Crippen MR) is 132 cm³/mol. The maximum atomic E-state index is 5.44. The molecule has 1 N–H and O–H groups in total. The van der Waals surface area contributed by atoms with Crippen molar-refractivity contribution in [1.82, 2.24) is 10.2 Å². The summed E-state index contributed by atoms with van der Waals surface area (Å²) in [5.74, 6) is 2.94. The standard InChI is InChI=1S/C21H34N4OS.HI/c1-4-22-21(25-11-14-27-20(16-25)17(2)3)23-15-18-5-7-19(8-6-18)24-9-12-26-13-10-24;/h5-8,17,20H,4,9-16H2,1-3H3,(H,22,23);1H. The van der Waals surface area contributed by atoms with Gasteiger partial charge >= 0.3 is 0 Å². The van der Waals surface area contributed by atoms with Gasteiger partial charge in [0.25, 0.3) is 0 Å². The fourth-order valence-electron chi connectivity index (χ4n) is 3.50. The average Bonchev–Trinajstić information content (AvgIpc) is 2.72. The minimum Gasteiger partial charge on any atom is -0.378 e. The van der Waals surface area contributed by atoms with Crippen molar-refractivity contribution in [1.29, 1.82) is 0 Å². The molecule has 28 heavy (non-hydrogen) atoms. The van der Waals surface area contributed by atoms with Gasteiger partial charge in [-0.25, -0.2) is 4.99 Å². The molecule has 2 aliphatic heterocycles. The lowest BCUT2D eigenvalue weighted by Gasteiger charge is -2.36. The molecular formula is C21H35IN4OS. The van der Waals surface area contributed by atoms with E-state index in [4.69, 9.17) is 9.73 Å². The van der Waals surface area contributed by atoms with Crippen LogP contribution in [0.1, 0.15) is 26.3 Å². The summed E-state index contributed by atoms with van der Waals surface area (Å²) in [7, 11) is 0. The molecule has 0 aromatic heterocycles. The lowest BCUT2D eigenvalue weighted by Crippen LogP contribution is -2.49. The molecule has 0 amide bonds. The topological polar surface area (TPSA) is 40.1 Å². The number of ether oxygens (including phenoxy) is 1. The number of aliphatic imine (C=N–C) groups is 1. The summed E-state index contributed by atoms with van der Waals surface area (Å²) >= 11 is 2.10. The number of hydrogen-bond acceptors (Lipinski definition) is 4. The molecule has 5 nitrogen and oxygen atoms in total. The first-order valence-corrected chi connectivity index (χ1v) is 11.3. The number of guanidine groups is 1. The molecule has 2 fully saturated rings. The van der Waals surface area contributed by atoms with Crippen LogP contribution in [0.15, 0.2) is 29.3 Å². The second-order valence-corrected chi connectivity index (χ2v) is 8.88. The summed E-state index contributed by atoms with van der Waals surface area (Å²) < 4.78 is 5.44. The number of halogens is 1. The Hall–Kier alpha value is -0.670. The summed E-state index contributed by atoms with van der Waals surface area (Å²) in [6.07, 6.45) is 0. The molecule has 0 spiro atoms. The number of nitrogens with zero attached hydrogens (tertiary/aromatic N) is 3. The molecule has 0 saturated carbocycles. The largest absolute Gasteiger partial charge is 0.378 e. The third-order valence-corrected chi connectivity index (χ3v) is 6.74. The predicted octanol–water partition coefficient (Wildman–Crippen LogP) is 3.68. The number of morpholine rings is 1. The Balaban J connectivity index is 0.00000280. The van der Waals surface area contributed by atoms with E-state index in [1.807, 2.05) is 0 Å². The molecule has 0 aliphatic carbocycles. The molecule has 0 bridgehead atoms. The maximum Gasteiger partial charge on any atom is 0.194 e. The van der Waals surface area contributed by atoms with Crippen LogP contribution < -0.4 is 10.2 Å². The molecule has 0 radical (unpaired) electrons. The van der Waals surface area contributed by atoms with E-state index in [-0.39, 0.29) is 24.0 Å². The minimum atomic E-state index is 0. The first-order valence-electron chi connectivity index (χ1n) is 10.2. The Bertz CT molecular complexity index is 605. The van der Waals surface area contributed by atoms with Crippen molar-refractivity contribution in [2.45, 2.75) is 32.6 Å². The van der Waals surface area contributed by atoms with Gasteiger partial charge in [0.05, 0.1) is 19.8 Å². The van der Waals surface area contributed by atoms with E-state index in [0.717, 1.165) is 58.4 Å². The Morgan fingerprint density at radius 2 is 1.93 bits per heavy atom.